The molecule has 3 rings (SSSR count). The van der Waals surface area contributed by atoms with Crippen molar-refractivity contribution in [2.45, 2.75) is 4.32 Å². The van der Waals surface area contributed by atoms with Gasteiger partial charge in [0.25, 0.3) is 0 Å². The van der Waals surface area contributed by atoms with Crippen molar-refractivity contribution < 1.29 is 4.74 Å². The first-order valence-corrected chi connectivity index (χ1v) is 5.83. The third kappa shape index (κ3) is 1.48. The molecule has 0 spiro atoms. The Balaban J connectivity index is 2.14. The molecule has 0 aromatic heterocycles. The second kappa shape index (κ2) is 3.32. The summed E-state index contributed by atoms with van der Waals surface area (Å²) in [5.74, 6) is 0. The predicted molar refractivity (Wildman–Crippen MR) is 65.4 cm³/mol. The van der Waals surface area contributed by atoms with Crippen LogP contribution in [0, 0.1) is 0 Å². The van der Waals surface area contributed by atoms with Gasteiger partial charge in [-0.25, -0.2) is 0 Å². The zero-order chi connectivity index (χ0) is 10.3. The van der Waals surface area contributed by atoms with E-state index in [1.807, 2.05) is 0 Å². The molecule has 1 fully saturated rings. The van der Waals surface area contributed by atoms with E-state index in [4.69, 9.17) is 4.74 Å². The number of hydrogen-bond acceptors (Lipinski definition) is 1. The molecule has 15 heavy (non-hydrogen) atoms. The topological polar surface area (TPSA) is 9.23 Å². The number of fused-ring (bicyclic) bond motifs is 1. The molecule has 2 aromatic rings. The van der Waals surface area contributed by atoms with Crippen LogP contribution in [0.1, 0.15) is 5.56 Å². The summed E-state index contributed by atoms with van der Waals surface area (Å²) < 4.78 is 5.31. The molecule has 0 unspecified atom stereocenters. The van der Waals surface area contributed by atoms with Gasteiger partial charge in [0.2, 0.25) is 0 Å². The molecule has 0 atom stereocenters. The minimum atomic E-state index is 0.0526. The van der Waals surface area contributed by atoms with Gasteiger partial charge in [0.05, 0.1) is 17.5 Å². The average molecular weight is 263 g/mol. The first-order chi connectivity index (χ1) is 7.28. The molecule has 1 saturated heterocycles. The fourth-order valence-electron chi connectivity index (χ4n) is 1.92. The molecule has 76 valence electrons. The number of hydrogen-bond donors (Lipinski definition) is 0. The van der Waals surface area contributed by atoms with E-state index in [9.17, 15) is 0 Å². The summed E-state index contributed by atoms with van der Waals surface area (Å²) in [7, 11) is 0. The lowest BCUT2D eigenvalue weighted by Crippen LogP contribution is -2.40. The molecule has 0 N–H and O–H groups in total. The molecule has 2 heteroatoms. The maximum atomic E-state index is 5.26. The summed E-state index contributed by atoms with van der Waals surface area (Å²) in [6.45, 7) is 1.54. The van der Waals surface area contributed by atoms with Crippen molar-refractivity contribution in [2.24, 2.45) is 0 Å². The van der Waals surface area contributed by atoms with Crippen LogP contribution in [0.25, 0.3) is 10.8 Å². The Bertz CT molecular complexity index is 503. The summed E-state index contributed by atoms with van der Waals surface area (Å²) in [5.41, 5.74) is 1.31. The predicted octanol–water partition coefficient (Wildman–Crippen LogP) is 3.46. The van der Waals surface area contributed by atoms with E-state index in [-0.39, 0.29) is 4.32 Å². The summed E-state index contributed by atoms with van der Waals surface area (Å²) in [4.78, 5) is 0. The van der Waals surface area contributed by atoms with Gasteiger partial charge in [0, 0.05) is 0 Å². The van der Waals surface area contributed by atoms with Gasteiger partial charge in [0.15, 0.2) is 0 Å². The summed E-state index contributed by atoms with van der Waals surface area (Å²) >= 11 is 3.74. The Morgan fingerprint density at radius 1 is 1.00 bits per heavy atom. The Kier molecular flexibility index (Phi) is 2.08. The van der Waals surface area contributed by atoms with Gasteiger partial charge in [-0.2, -0.15) is 0 Å². The van der Waals surface area contributed by atoms with Gasteiger partial charge in [-0.3, -0.25) is 0 Å². The van der Waals surface area contributed by atoms with E-state index < -0.39 is 0 Å². The Hall–Kier alpha value is -0.860. The summed E-state index contributed by atoms with van der Waals surface area (Å²) in [5, 5.41) is 2.58. The average Bonchev–Trinajstić information content (AvgIpc) is 2.25. The second-order valence-corrected chi connectivity index (χ2v) is 5.54. The highest BCUT2D eigenvalue weighted by Gasteiger charge is 2.37. The maximum Gasteiger partial charge on any atom is 0.0971 e. The molecule has 1 nitrogen and oxygen atoms in total. The molecular weight excluding hydrogens is 252 g/mol. The van der Waals surface area contributed by atoms with E-state index in [0.717, 1.165) is 13.2 Å². The van der Waals surface area contributed by atoms with E-state index in [1.165, 1.54) is 16.3 Å². The summed E-state index contributed by atoms with van der Waals surface area (Å²) in [6, 6.07) is 15.0. The molecule has 0 amide bonds. The van der Waals surface area contributed by atoms with Crippen molar-refractivity contribution in [1.29, 1.82) is 0 Å². The number of alkyl halides is 1. The van der Waals surface area contributed by atoms with E-state index in [2.05, 4.69) is 58.4 Å². The maximum absolute atomic E-state index is 5.26. The fourth-order valence-corrected chi connectivity index (χ4v) is 2.49. The third-order valence-electron chi connectivity index (χ3n) is 2.93. The van der Waals surface area contributed by atoms with Gasteiger partial charge < -0.3 is 4.74 Å². The molecule has 2 aromatic carbocycles. The molecule has 0 saturated carbocycles. The van der Waals surface area contributed by atoms with Crippen LogP contribution in [0.5, 0.6) is 0 Å². The van der Waals surface area contributed by atoms with Crippen molar-refractivity contribution in [2.75, 3.05) is 13.2 Å². The van der Waals surface area contributed by atoms with E-state index >= 15 is 0 Å². The third-order valence-corrected chi connectivity index (χ3v) is 3.84. The molecule has 0 bridgehead atoms. The lowest BCUT2D eigenvalue weighted by Gasteiger charge is -2.36. The Morgan fingerprint density at radius 2 is 1.73 bits per heavy atom. The molecule has 1 aliphatic heterocycles. The quantitative estimate of drug-likeness (QED) is 0.716. The smallest absolute Gasteiger partial charge is 0.0971 e. The minimum Gasteiger partial charge on any atom is -0.378 e. The van der Waals surface area contributed by atoms with Crippen molar-refractivity contribution in [3.05, 3.63) is 48.0 Å². The van der Waals surface area contributed by atoms with Crippen LogP contribution in [0.2, 0.25) is 0 Å². The van der Waals surface area contributed by atoms with Gasteiger partial charge in [-0.15, -0.1) is 0 Å². The number of benzene rings is 2. The van der Waals surface area contributed by atoms with Crippen LogP contribution in [0.4, 0.5) is 0 Å². The zero-order valence-electron chi connectivity index (χ0n) is 8.24. The SMILES string of the molecule is BrC1(c2ccc3ccccc3c2)COC1. The van der Waals surface area contributed by atoms with Crippen molar-refractivity contribution in [3.63, 3.8) is 0 Å². The van der Waals surface area contributed by atoms with Gasteiger partial charge in [0.1, 0.15) is 0 Å². The second-order valence-electron chi connectivity index (χ2n) is 4.02. The van der Waals surface area contributed by atoms with Gasteiger partial charge in [-0.05, 0) is 22.4 Å². The Morgan fingerprint density at radius 3 is 2.40 bits per heavy atom. The monoisotopic (exact) mass is 262 g/mol. The normalized spacial score (nSPS) is 18.7. The highest BCUT2D eigenvalue weighted by molar-refractivity contribution is 9.09. The van der Waals surface area contributed by atoms with E-state index in [1.54, 1.807) is 0 Å². The fraction of sp³-hybridized carbons (Fsp3) is 0.231. The standard InChI is InChI=1S/C13H11BrO/c14-13(8-15-9-13)12-6-5-10-3-1-2-4-11(10)7-12/h1-7H,8-9H2. The number of rotatable bonds is 1. The van der Waals surface area contributed by atoms with Gasteiger partial charge >= 0.3 is 0 Å². The molecule has 1 heterocycles. The summed E-state index contributed by atoms with van der Waals surface area (Å²) in [6.07, 6.45) is 0. The lowest BCUT2D eigenvalue weighted by molar-refractivity contribution is -0.00692. The van der Waals surface area contributed by atoms with Gasteiger partial charge in [-0.1, -0.05) is 52.3 Å². The lowest BCUT2D eigenvalue weighted by atomic mass is 9.95. The molecular formula is C13H11BrO. The highest BCUT2D eigenvalue weighted by Crippen LogP contribution is 2.39. The van der Waals surface area contributed by atoms with Crippen LogP contribution < -0.4 is 0 Å². The van der Waals surface area contributed by atoms with Crippen LogP contribution in [0.3, 0.4) is 0 Å². The Labute approximate surface area is 97.2 Å². The van der Waals surface area contributed by atoms with Crippen LogP contribution in [-0.4, -0.2) is 13.2 Å². The van der Waals surface area contributed by atoms with E-state index in [0.29, 0.717) is 0 Å². The zero-order valence-corrected chi connectivity index (χ0v) is 9.83. The van der Waals surface area contributed by atoms with Crippen LogP contribution >= 0.6 is 15.9 Å². The van der Waals surface area contributed by atoms with Crippen LogP contribution in [-0.2, 0) is 9.06 Å². The molecule has 0 aliphatic carbocycles. The number of halogens is 1. The van der Waals surface area contributed by atoms with Crippen molar-refractivity contribution >= 4 is 26.7 Å². The molecule has 1 aliphatic rings. The van der Waals surface area contributed by atoms with Crippen LogP contribution in [0.15, 0.2) is 42.5 Å². The van der Waals surface area contributed by atoms with Crippen molar-refractivity contribution in [3.8, 4) is 0 Å². The first-order valence-electron chi connectivity index (χ1n) is 5.04. The number of ether oxygens (including phenoxy) is 1. The minimum absolute atomic E-state index is 0.0526. The van der Waals surface area contributed by atoms with Crippen molar-refractivity contribution in [1.82, 2.24) is 0 Å². The largest absolute Gasteiger partial charge is 0.378 e. The first kappa shape index (κ1) is 9.37. The highest BCUT2D eigenvalue weighted by atomic mass is 79.9. The molecule has 0 radical (unpaired) electrons.